The van der Waals surface area contributed by atoms with E-state index in [-0.39, 0.29) is 5.97 Å². The van der Waals surface area contributed by atoms with Crippen LogP contribution in [0, 0.1) is 0 Å². The number of methoxy groups -OCH3 is 1. The van der Waals surface area contributed by atoms with Gasteiger partial charge in [0, 0.05) is 6.42 Å². The summed E-state index contributed by atoms with van der Waals surface area (Å²) in [6.45, 7) is 3.14. The van der Waals surface area contributed by atoms with Crippen LogP contribution in [0.2, 0.25) is 0 Å². The van der Waals surface area contributed by atoms with Crippen LogP contribution in [-0.2, 0) is 14.3 Å². The Hall–Kier alpha value is -1.25. The third-order valence-corrected chi connectivity index (χ3v) is 7.52. The quantitative estimate of drug-likeness (QED) is 0.0384. The lowest BCUT2D eigenvalue weighted by molar-refractivity contribution is -0.140. The van der Waals surface area contributed by atoms with Gasteiger partial charge in [0.1, 0.15) is 0 Å². The van der Waals surface area contributed by atoms with Gasteiger partial charge >= 0.3 is 5.97 Å². The van der Waals surface area contributed by atoms with Crippen molar-refractivity contribution < 1.29 is 14.3 Å². The van der Waals surface area contributed by atoms with Crippen LogP contribution in [0.15, 0.2) is 24.5 Å². The molecule has 224 valence electrons. The zero-order valence-corrected chi connectivity index (χ0v) is 25.8. The molecular formula is C35H66O3. The van der Waals surface area contributed by atoms with Crippen LogP contribution in [0.5, 0.6) is 0 Å². The Balaban J connectivity index is 3.16. The highest BCUT2D eigenvalue weighted by Crippen LogP contribution is 2.14. The number of carbonyl (C=O) groups is 1. The van der Waals surface area contributed by atoms with Crippen molar-refractivity contribution in [3.8, 4) is 0 Å². The predicted octanol–water partition coefficient (Wildman–Crippen LogP) is 11.8. The molecule has 0 saturated carbocycles. The molecule has 0 spiro atoms. The molecule has 38 heavy (non-hydrogen) atoms. The van der Waals surface area contributed by atoms with Gasteiger partial charge < -0.3 is 9.47 Å². The number of esters is 1. The SMILES string of the molecule is CCCCCCCCCCCCCC/C=C/C=C/OCCCCCCCCCCCCCCCC(=O)OC. The van der Waals surface area contributed by atoms with Crippen molar-refractivity contribution in [1.82, 2.24) is 0 Å². The third-order valence-electron chi connectivity index (χ3n) is 7.52. The van der Waals surface area contributed by atoms with Crippen LogP contribution < -0.4 is 0 Å². The maximum Gasteiger partial charge on any atom is 0.305 e. The Bertz CT molecular complexity index is 511. The Kier molecular flexibility index (Phi) is 32.7. The maximum absolute atomic E-state index is 11.0. The van der Waals surface area contributed by atoms with Gasteiger partial charge in [-0.1, -0.05) is 160 Å². The van der Waals surface area contributed by atoms with E-state index < -0.39 is 0 Å². The Morgan fingerprint density at radius 2 is 0.947 bits per heavy atom. The van der Waals surface area contributed by atoms with Crippen LogP contribution in [-0.4, -0.2) is 19.7 Å². The van der Waals surface area contributed by atoms with Gasteiger partial charge in [0.25, 0.3) is 0 Å². The second kappa shape index (κ2) is 33.8. The van der Waals surface area contributed by atoms with Crippen LogP contribution in [0.3, 0.4) is 0 Å². The summed E-state index contributed by atoms with van der Waals surface area (Å²) in [5.41, 5.74) is 0. The molecular weight excluding hydrogens is 468 g/mol. The lowest BCUT2D eigenvalue weighted by Crippen LogP contribution is -1.99. The van der Waals surface area contributed by atoms with Crippen LogP contribution in [0.25, 0.3) is 0 Å². The lowest BCUT2D eigenvalue weighted by Gasteiger charge is -2.03. The minimum Gasteiger partial charge on any atom is -0.501 e. The molecule has 0 aromatic rings. The minimum absolute atomic E-state index is 0.0719. The monoisotopic (exact) mass is 535 g/mol. The summed E-state index contributed by atoms with van der Waals surface area (Å²) in [5, 5.41) is 0. The minimum atomic E-state index is -0.0719. The first-order chi connectivity index (χ1) is 18.8. The fourth-order valence-electron chi connectivity index (χ4n) is 4.95. The van der Waals surface area contributed by atoms with E-state index in [0.29, 0.717) is 6.42 Å². The molecule has 0 aromatic carbocycles. The normalized spacial score (nSPS) is 11.6. The van der Waals surface area contributed by atoms with Crippen molar-refractivity contribution in [2.45, 2.75) is 180 Å². The largest absolute Gasteiger partial charge is 0.501 e. The zero-order chi connectivity index (χ0) is 27.6. The van der Waals surface area contributed by atoms with Crippen molar-refractivity contribution in [1.29, 1.82) is 0 Å². The second-order valence-electron chi connectivity index (χ2n) is 11.2. The van der Waals surface area contributed by atoms with E-state index >= 15 is 0 Å². The Morgan fingerprint density at radius 3 is 1.42 bits per heavy atom. The van der Waals surface area contributed by atoms with E-state index in [4.69, 9.17) is 4.74 Å². The number of hydrogen-bond acceptors (Lipinski definition) is 3. The summed E-state index contributed by atoms with van der Waals surface area (Å²) in [5.74, 6) is -0.0719. The first-order valence-corrected chi connectivity index (χ1v) is 16.8. The molecule has 0 N–H and O–H groups in total. The van der Waals surface area contributed by atoms with Gasteiger partial charge in [-0.2, -0.15) is 0 Å². The predicted molar refractivity (Wildman–Crippen MR) is 167 cm³/mol. The maximum atomic E-state index is 11.0. The van der Waals surface area contributed by atoms with Crippen molar-refractivity contribution in [3.63, 3.8) is 0 Å². The highest BCUT2D eigenvalue weighted by molar-refractivity contribution is 5.68. The molecule has 3 nitrogen and oxygen atoms in total. The first kappa shape index (κ1) is 36.8. The molecule has 0 amide bonds. The molecule has 0 aromatic heterocycles. The first-order valence-electron chi connectivity index (χ1n) is 16.8. The van der Waals surface area contributed by atoms with E-state index in [1.807, 2.05) is 12.3 Å². The molecule has 0 bridgehead atoms. The van der Waals surface area contributed by atoms with Gasteiger partial charge in [-0.15, -0.1) is 0 Å². The number of hydrogen-bond donors (Lipinski definition) is 0. The summed E-state index contributed by atoms with van der Waals surface area (Å²) < 4.78 is 10.3. The van der Waals surface area contributed by atoms with E-state index in [2.05, 4.69) is 23.8 Å². The summed E-state index contributed by atoms with van der Waals surface area (Å²) in [7, 11) is 1.47. The number of unbranched alkanes of at least 4 members (excludes halogenated alkanes) is 24. The molecule has 0 saturated heterocycles. The Morgan fingerprint density at radius 1 is 0.526 bits per heavy atom. The smallest absolute Gasteiger partial charge is 0.305 e. The van der Waals surface area contributed by atoms with Gasteiger partial charge in [-0.25, -0.2) is 0 Å². The zero-order valence-electron chi connectivity index (χ0n) is 25.8. The fraction of sp³-hybridized carbons (Fsp3) is 0.857. The number of ether oxygens (including phenoxy) is 2. The van der Waals surface area contributed by atoms with Crippen molar-refractivity contribution in [2.75, 3.05) is 13.7 Å². The molecule has 0 aliphatic carbocycles. The molecule has 0 radical (unpaired) electrons. The van der Waals surface area contributed by atoms with Crippen LogP contribution in [0.4, 0.5) is 0 Å². The topological polar surface area (TPSA) is 35.5 Å². The van der Waals surface area contributed by atoms with E-state index in [1.54, 1.807) is 0 Å². The average molecular weight is 535 g/mol. The third kappa shape index (κ3) is 32.8. The van der Waals surface area contributed by atoms with Gasteiger partial charge in [-0.3, -0.25) is 4.79 Å². The number of carbonyl (C=O) groups excluding carboxylic acids is 1. The molecule has 0 aliphatic heterocycles. The summed E-state index contributed by atoms with van der Waals surface area (Å²) in [6.07, 6.45) is 43.8. The van der Waals surface area contributed by atoms with Crippen molar-refractivity contribution in [2.24, 2.45) is 0 Å². The molecule has 0 heterocycles. The molecule has 0 unspecified atom stereocenters. The van der Waals surface area contributed by atoms with E-state index in [9.17, 15) is 4.79 Å². The Labute approximate surface area is 238 Å². The summed E-state index contributed by atoms with van der Waals surface area (Å²) >= 11 is 0. The molecule has 0 fully saturated rings. The van der Waals surface area contributed by atoms with Gasteiger partial charge in [0.15, 0.2) is 0 Å². The molecule has 0 rings (SSSR count). The summed E-state index contributed by atoms with van der Waals surface area (Å²) in [6, 6.07) is 0. The molecule has 3 heteroatoms. The van der Waals surface area contributed by atoms with E-state index in [1.165, 1.54) is 161 Å². The van der Waals surface area contributed by atoms with Gasteiger partial charge in [-0.05, 0) is 31.8 Å². The lowest BCUT2D eigenvalue weighted by atomic mass is 10.0. The number of allylic oxidation sites excluding steroid dienone is 3. The standard InChI is InChI=1S/C35H66O3/c1-3-4-5-6-7-8-9-10-11-12-15-18-21-24-27-30-33-38-34-31-28-25-22-19-16-13-14-17-20-23-26-29-32-35(36)37-2/h24,27,30,33H,3-23,25-26,28-29,31-32,34H2,1-2H3/b27-24+,33-30+. The summed E-state index contributed by atoms with van der Waals surface area (Å²) in [4.78, 5) is 11.0. The average Bonchev–Trinajstić information content (AvgIpc) is 2.93. The van der Waals surface area contributed by atoms with Crippen molar-refractivity contribution in [3.05, 3.63) is 24.5 Å². The highest BCUT2D eigenvalue weighted by Gasteiger charge is 1.99. The van der Waals surface area contributed by atoms with Gasteiger partial charge in [0.05, 0.1) is 20.0 Å². The van der Waals surface area contributed by atoms with Crippen LogP contribution >= 0.6 is 0 Å². The van der Waals surface area contributed by atoms with Gasteiger partial charge in [0.2, 0.25) is 0 Å². The number of rotatable bonds is 31. The second-order valence-corrected chi connectivity index (χ2v) is 11.2. The van der Waals surface area contributed by atoms with Crippen LogP contribution in [0.1, 0.15) is 180 Å². The molecule has 0 aliphatic rings. The highest BCUT2D eigenvalue weighted by atomic mass is 16.5. The molecule has 0 atom stereocenters. The van der Waals surface area contributed by atoms with Crippen molar-refractivity contribution >= 4 is 5.97 Å². The van der Waals surface area contributed by atoms with E-state index in [0.717, 1.165) is 19.4 Å². The fourth-order valence-corrected chi connectivity index (χ4v) is 4.95.